The fourth-order valence-corrected chi connectivity index (χ4v) is 3.96. The normalized spacial score (nSPS) is 18.9. The number of amides is 2. The van der Waals surface area contributed by atoms with Gasteiger partial charge in [0.15, 0.2) is 0 Å². The predicted molar refractivity (Wildman–Crippen MR) is 101 cm³/mol. The maximum Gasteiger partial charge on any atom is 0.292 e. The third kappa shape index (κ3) is 4.37. The molecule has 146 valence electrons. The number of nitro groups is 1. The van der Waals surface area contributed by atoms with Gasteiger partial charge in [-0.15, -0.1) is 0 Å². The highest BCUT2D eigenvalue weighted by atomic mass is 16.6. The lowest BCUT2D eigenvalue weighted by Crippen LogP contribution is -2.44. The van der Waals surface area contributed by atoms with E-state index in [0.717, 1.165) is 6.42 Å². The van der Waals surface area contributed by atoms with Crippen LogP contribution in [0.3, 0.4) is 0 Å². The quantitative estimate of drug-likeness (QED) is 0.596. The Balaban J connectivity index is 1.58. The van der Waals surface area contributed by atoms with Crippen molar-refractivity contribution in [1.29, 1.82) is 0 Å². The highest BCUT2D eigenvalue weighted by Crippen LogP contribution is 2.31. The van der Waals surface area contributed by atoms with Crippen LogP contribution in [0, 0.1) is 16.0 Å². The number of piperidine rings is 1. The van der Waals surface area contributed by atoms with Gasteiger partial charge in [-0.3, -0.25) is 19.7 Å². The third-order valence-electron chi connectivity index (χ3n) is 5.52. The molecule has 2 aliphatic rings. The second kappa shape index (κ2) is 8.37. The van der Waals surface area contributed by atoms with E-state index >= 15 is 0 Å². The van der Waals surface area contributed by atoms with Crippen molar-refractivity contribution in [1.82, 2.24) is 9.80 Å². The van der Waals surface area contributed by atoms with Crippen molar-refractivity contribution >= 4 is 23.2 Å². The van der Waals surface area contributed by atoms with E-state index in [9.17, 15) is 19.7 Å². The number of hydrogen-bond donors (Lipinski definition) is 0. The number of carbonyl (C=O) groups is 2. The Morgan fingerprint density at radius 3 is 2.30 bits per heavy atom. The molecule has 1 aromatic carbocycles. The van der Waals surface area contributed by atoms with Gasteiger partial charge < -0.3 is 14.7 Å². The molecule has 2 heterocycles. The number of nitrogens with zero attached hydrogens (tertiary/aromatic N) is 4. The van der Waals surface area contributed by atoms with Crippen LogP contribution in [0.5, 0.6) is 0 Å². The third-order valence-corrected chi connectivity index (χ3v) is 5.52. The summed E-state index contributed by atoms with van der Waals surface area (Å²) in [6, 6.07) is 6.76. The number of hydrogen-bond acceptors (Lipinski definition) is 5. The molecule has 0 atom stereocenters. The van der Waals surface area contributed by atoms with Crippen LogP contribution in [0.15, 0.2) is 24.3 Å². The van der Waals surface area contributed by atoms with E-state index in [-0.39, 0.29) is 28.3 Å². The lowest BCUT2D eigenvalue weighted by molar-refractivity contribution is -0.384. The van der Waals surface area contributed by atoms with E-state index < -0.39 is 0 Å². The van der Waals surface area contributed by atoms with E-state index in [1.807, 2.05) is 9.80 Å². The molecule has 27 heavy (non-hydrogen) atoms. The van der Waals surface area contributed by atoms with Crippen molar-refractivity contribution in [3.8, 4) is 0 Å². The van der Waals surface area contributed by atoms with E-state index in [2.05, 4.69) is 0 Å². The minimum Gasteiger partial charge on any atom is -0.366 e. The Bertz CT molecular complexity index is 715. The summed E-state index contributed by atoms with van der Waals surface area (Å²) in [6.07, 6.45) is 2.19. The molecule has 8 heteroatoms. The van der Waals surface area contributed by atoms with Crippen molar-refractivity contribution in [2.75, 3.05) is 44.2 Å². The van der Waals surface area contributed by atoms with Crippen LogP contribution in [0.4, 0.5) is 11.4 Å². The number of nitro benzene ring substituents is 1. The standard InChI is InChI=1S/C19H26N4O4/c1-15(24)20-9-4-10-22(14-13-20)19(25)16-7-11-21(12-8-16)17-5-2-3-6-18(17)23(26)27/h2-3,5-6,16H,4,7-14H2,1H3. The zero-order valence-corrected chi connectivity index (χ0v) is 15.7. The summed E-state index contributed by atoms with van der Waals surface area (Å²) in [5, 5.41) is 11.2. The summed E-state index contributed by atoms with van der Waals surface area (Å²) in [7, 11) is 0. The van der Waals surface area contributed by atoms with Crippen LogP contribution >= 0.6 is 0 Å². The Kier molecular flexibility index (Phi) is 5.93. The van der Waals surface area contributed by atoms with Crippen LogP contribution in [-0.4, -0.2) is 65.8 Å². The molecule has 2 aliphatic heterocycles. The summed E-state index contributed by atoms with van der Waals surface area (Å²) in [5.41, 5.74) is 0.736. The Hall–Kier alpha value is -2.64. The molecule has 8 nitrogen and oxygen atoms in total. The van der Waals surface area contributed by atoms with Gasteiger partial charge in [-0.2, -0.15) is 0 Å². The molecule has 0 aromatic heterocycles. The molecule has 0 unspecified atom stereocenters. The Labute approximate surface area is 158 Å². The molecule has 2 fully saturated rings. The number of rotatable bonds is 3. The average Bonchev–Trinajstić information content (AvgIpc) is 2.94. The van der Waals surface area contributed by atoms with Gasteiger partial charge in [0.1, 0.15) is 5.69 Å². The maximum absolute atomic E-state index is 12.9. The molecular weight excluding hydrogens is 348 g/mol. The fourth-order valence-electron chi connectivity index (χ4n) is 3.96. The Morgan fingerprint density at radius 1 is 1.00 bits per heavy atom. The molecule has 2 saturated heterocycles. The van der Waals surface area contributed by atoms with Gasteiger partial charge in [0, 0.05) is 58.2 Å². The predicted octanol–water partition coefficient (Wildman–Crippen LogP) is 1.89. The molecule has 0 N–H and O–H groups in total. The lowest BCUT2D eigenvalue weighted by Gasteiger charge is -2.35. The summed E-state index contributed by atoms with van der Waals surface area (Å²) in [6.45, 7) is 5.40. The van der Waals surface area contributed by atoms with Gasteiger partial charge in [-0.05, 0) is 25.3 Å². The number of carbonyl (C=O) groups excluding carboxylic acids is 2. The zero-order valence-electron chi connectivity index (χ0n) is 15.7. The van der Waals surface area contributed by atoms with Crippen LogP contribution in [0.1, 0.15) is 26.2 Å². The molecule has 2 amide bonds. The first-order valence-corrected chi connectivity index (χ1v) is 9.50. The van der Waals surface area contributed by atoms with Crippen LogP contribution in [0.2, 0.25) is 0 Å². The monoisotopic (exact) mass is 374 g/mol. The SMILES string of the molecule is CC(=O)N1CCCN(C(=O)C2CCN(c3ccccc3[N+](=O)[O-])CC2)CC1. The van der Waals surface area contributed by atoms with E-state index in [1.54, 1.807) is 30.0 Å². The molecular formula is C19H26N4O4. The topological polar surface area (TPSA) is 87.0 Å². The fraction of sp³-hybridized carbons (Fsp3) is 0.579. The molecule has 0 aliphatic carbocycles. The van der Waals surface area contributed by atoms with Crippen molar-refractivity contribution in [3.63, 3.8) is 0 Å². The minimum absolute atomic E-state index is 0.0482. The number of anilines is 1. The zero-order chi connectivity index (χ0) is 19.4. The first-order chi connectivity index (χ1) is 13.0. The average molecular weight is 374 g/mol. The van der Waals surface area contributed by atoms with Crippen molar-refractivity contribution < 1.29 is 14.5 Å². The van der Waals surface area contributed by atoms with Gasteiger partial charge in [-0.1, -0.05) is 12.1 Å². The van der Waals surface area contributed by atoms with E-state index in [4.69, 9.17) is 0 Å². The molecule has 0 spiro atoms. The van der Waals surface area contributed by atoms with Crippen LogP contribution < -0.4 is 4.90 Å². The maximum atomic E-state index is 12.9. The second-order valence-electron chi connectivity index (χ2n) is 7.19. The van der Waals surface area contributed by atoms with Crippen LogP contribution in [0.25, 0.3) is 0 Å². The van der Waals surface area contributed by atoms with Crippen molar-refractivity contribution in [2.24, 2.45) is 5.92 Å². The van der Waals surface area contributed by atoms with Gasteiger partial charge in [0.25, 0.3) is 5.69 Å². The first-order valence-electron chi connectivity index (χ1n) is 9.50. The molecule has 0 saturated carbocycles. The second-order valence-corrected chi connectivity index (χ2v) is 7.19. The summed E-state index contributed by atoms with van der Waals surface area (Å²) in [4.78, 5) is 41.0. The highest BCUT2D eigenvalue weighted by Gasteiger charge is 2.31. The summed E-state index contributed by atoms with van der Waals surface area (Å²) >= 11 is 0. The van der Waals surface area contributed by atoms with E-state index in [1.165, 1.54) is 6.07 Å². The molecule has 3 rings (SSSR count). The molecule has 0 bridgehead atoms. The first kappa shape index (κ1) is 19.1. The highest BCUT2D eigenvalue weighted by molar-refractivity contribution is 5.79. The Morgan fingerprint density at radius 2 is 1.63 bits per heavy atom. The van der Waals surface area contributed by atoms with E-state index in [0.29, 0.717) is 57.8 Å². The van der Waals surface area contributed by atoms with Gasteiger partial charge in [0.05, 0.1) is 4.92 Å². The van der Waals surface area contributed by atoms with Crippen molar-refractivity contribution in [3.05, 3.63) is 34.4 Å². The smallest absolute Gasteiger partial charge is 0.292 e. The summed E-state index contributed by atoms with van der Waals surface area (Å²) < 4.78 is 0. The largest absolute Gasteiger partial charge is 0.366 e. The number of benzene rings is 1. The lowest BCUT2D eigenvalue weighted by atomic mass is 9.94. The number of para-hydroxylation sites is 2. The van der Waals surface area contributed by atoms with Crippen LogP contribution in [-0.2, 0) is 9.59 Å². The van der Waals surface area contributed by atoms with Crippen molar-refractivity contribution in [2.45, 2.75) is 26.2 Å². The van der Waals surface area contributed by atoms with Gasteiger partial charge in [-0.25, -0.2) is 0 Å². The minimum atomic E-state index is -0.357. The van der Waals surface area contributed by atoms with Gasteiger partial charge in [0.2, 0.25) is 11.8 Å². The molecule has 0 radical (unpaired) electrons. The summed E-state index contributed by atoms with van der Waals surface area (Å²) in [5.74, 6) is 0.164. The molecule has 1 aromatic rings. The van der Waals surface area contributed by atoms with Gasteiger partial charge >= 0.3 is 0 Å².